The summed E-state index contributed by atoms with van der Waals surface area (Å²) >= 11 is 0. The standard InChI is InChI=1S/C11H21.2CH4O.Ti/c1-3-5-7-9-11-10-8-6-4-2;2*1-2;/h3,5H,1,4,6-11H2,2H3;2*2H,1H3;/q-1;;;. The molecule has 0 atom stereocenters. The Hall–Kier alpha value is 0.244. The Morgan fingerprint density at radius 3 is 1.81 bits per heavy atom. The van der Waals surface area contributed by atoms with E-state index in [1.807, 2.05) is 6.08 Å². The van der Waals surface area contributed by atoms with Gasteiger partial charge in [0.2, 0.25) is 0 Å². The van der Waals surface area contributed by atoms with Crippen molar-refractivity contribution in [3.8, 4) is 0 Å². The van der Waals surface area contributed by atoms with E-state index < -0.39 is 0 Å². The Morgan fingerprint density at radius 2 is 1.38 bits per heavy atom. The average Bonchev–Trinajstić information content (AvgIpc) is 2.33. The summed E-state index contributed by atoms with van der Waals surface area (Å²) in [5.41, 5.74) is 0. The van der Waals surface area contributed by atoms with E-state index in [-0.39, 0.29) is 21.7 Å². The van der Waals surface area contributed by atoms with E-state index in [2.05, 4.69) is 19.9 Å². The van der Waals surface area contributed by atoms with Crippen LogP contribution in [0, 0.1) is 6.42 Å². The first-order valence-electron chi connectivity index (χ1n) is 5.75. The third kappa shape index (κ3) is 36.8. The number of unbranched alkanes of at least 4 members (excludes halogenated alkanes) is 7. The van der Waals surface area contributed by atoms with Crippen molar-refractivity contribution < 1.29 is 31.9 Å². The number of hydrogen-bond donors (Lipinski definition) is 2. The Morgan fingerprint density at radius 1 is 0.938 bits per heavy atom. The number of aliphatic hydroxyl groups excluding tert-OH is 2. The molecule has 0 aliphatic carbocycles. The maximum Gasteiger partial charge on any atom is 0.0319 e. The summed E-state index contributed by atoms with van der Waals surface area (Å²) in [6, 6.07) is 0. The molecule has 0 amide bonds. The minimum Gasteiger partial charge on any atom is -0.400 e. The maximum absolute atomic E-state index is 7.00. The summed E-state index contributed by atoms with van der Waals surface area (Å²) < 4.78 is 0. The smallest absolute Gasteiger partial charge is 0.0319 e. The first-order chi connectivity index (χ1) is 7.41. The van der Waals surface area contributed by atoms with Gasteiger partial charge in [-0.1, -0.05) is 45.4 Å². The summed E-state index contributed by atoms with van der Waals surface area (Å²) in [5, 5.41) is 14.0. The van der Waals surface area contributed by atoms with Crippen LogP contribution in [-0.4, -0.2) is 24.4 Å². The second-order valence-corrected chi connectivity index (χ2v) is 3.03. The molecule has 0 fully saturated rings. The molecule has 0 saturated carbocycles. The molecule has 0 aromatic carbocycles. The molecule has 0 radical (unpaired) electrons. The zero-order valence-corrected chi connectivity index (χ0v) is 12.8. The molecular formula is C13H29O2Ti-. The van der Waals surface area contributed by atoms with Crippen molar-refractivity contribution in [1.29, 1.82) is 0 Å². The van der Waals surface area contributed by atoms with Crippen molar-refractivity contribution in [2.75, 3.05) is 14.2 Å². The third-order valence-electron chi connectivity index (χ3n) is 1.89. The van der Waals surface area contributed by atoms with Gasteiger partial charge in [-0.25, -0.2) is 19.1 Å². The van der Waals surface area contributed by atoms with Crippen molar-refractivity contribution in [3.63, 3.8) is 0 Å². The number of hydrogen-bond acceptors (Lipinski definition) is 2. The SMILES string of the molecule is C=C[CH-]CCCCCCCC.CO.CO.[Ti]. The van der Waals surface area contributed by atoms with Crippen LogP contribution in [0.25, 0.3) is 0 Å². The Bertz CT molecular complexity index is 88.0. The molecular weight excluding hydrogens is 236 g/mol. The van der Waals surface area contributed by atoms with Gasteiger partial charge < -0.3 is 10.2 Å². The Kier molecular flexibility index (Phi) is 57.0. The second-order valence-electron chi connectivity index (χ2n) is 3.03. The van der Waals surface area contributed by atoms with Crippen LogP contribution in [0.1, 0.15) is 51.9 Å². The van der Waals surface area contributed by atoms with Gasteiger partial charge >= 0.3 is 0 Å². The molecule has 16 heavy (non-hydrogen) atoms. The molecule has 98 valence electrons. The summed E-state index contributed by atoms with van der Waals surface area (Å²) in [7, 11) is 2.00. The molecule has 0 unspecified atom stereocenters. The fraction of sp³-hybridized carbons (Fsp3) is 0.769. The van der Waals surface area contributed by atoms with Crippen molar-refractivity contribution in [2.45, 2.75) is 51.9 Å². The van der Waals surface area contributed by atoms with Gasteiger partial charge in [0.25, 0.3) is 0 Å². The van der Waals surface area contributed by atoms with Gasteiger partial charge in [0.05, 0.1) is 0 Å². The molecule has 0 aliphatic rings. The zero-order chi connectivity index (χ0) is 12.4. The van der Waals surface area contributed by atoms with Crippen LogP contribution in [0.5, 0.6) is 0 Å². The van der Waals surface area contributed by atoms with Gasteiger partial charge in [-0.05, 0) is 0 Å². The first-order valence-corrected chi connectivity index (χ1v) is 5.75. The number of allylic oxidation sites excluding steroid dienone is 1. The van der Waals surface area contributed by atoms with Crippen LogP contribution < -0.4 is 0 Å². The quantitative estimate of drug-likeness (QED) is 0.401. The molecule has 0 saturated heterocycles. The maximum atomic E-state index is 7.00. The summed E-state index contributed by atoms with van der Waals surface area (Å²) in [4.78, 5) is 0. The molecule has 0 heterocycles. The monoisotopic (exact) mass is 265 g/mol. The summed E-state index contributed by atoms with van der Waals surface area (Å²) in [6.45, 7) is 5.91. The average molecular weight is 265 g/mol. The molecule has 0 rings (SSSR count). The summed E-state index contributed by atoms with van der Waals surface area (Å²) in [5.74, 6) is 0. The van der Waals surface area contributed by atoms with Gasteiger partial charge in [-0.15, -0.1) is 6.42 Å². The van der Waals surface area contributed by atoms with Crippen LogP contribution in [0.4, 0.5) is 0 Å². The molecule has 2 nitrogen and oxygen atoms in total. The van der Waals surface area contributed by atoms with Crippen LogP contribution >= 0.6 is 0 Å². The van der Waals surface area contributed by atoms with E-state index in [4.69, 9.17) is 10.2 Å². The summed E-state index contributed by atoms with van der Waals surface area (Å²) in [6.07, 6.45) is 13.6. The van der Waals surface area contributed by atoms with Crippen LogP contribution in [-0.2, 0) is 21.7 Å². The molecule has 0 aromatic rings. The second kappa shape index (κ2) is 36.2. The molecule has 0 aliphatic heterocycles. The normalized spacial score (nSPS) is 7.31. The number of aliphatic hydroxyl groups is 2. The van der Waals surface area contributed by atoms with E-state index in [9.17, 15) is 0 Å². The molecule has 0 bridgehead atoms. The van der Waals surface area contributed by atoms with E-state index in [0.29, 0.717) is 0 Å². The van der Waals surface area contributed by atoms with Crippen LogP contribution in [0.3, 0.4) is 0 Å². The molecule has 0 spiro atoms. The van der Waals surface area contributed by atoms with Gasteiger partial charge in [0, 0.05) is 35.9 Å². The van der Waals surface area contributed by atoms with E-state index in [0.717, 1.165) is 14.2 Å². The predicted octanol–water partition coefficient (Wildman–Crippen LogP) is 3.34. The van der Waals surface area contributed by atoms with Crippen LogP contribution in [0.15, 0.2) is 12.7 Å². The fourth-order valence-electron chi connectivity index (χ4n) is 1.16. The van der Waals surface area contributed by atoms with E-state index in [1.165, 1.54) is 44.9 Å². The molecule has 0 aromatic heterocycles. The molecule has 3 heteroatoms. The van der Waals surface area contributed by atoms with Crippen molar-refractivity contribution in [3.05, 3.63) is 19.1 Å². The third-order valence-corrected chi connectivity index (χ3v) is 1.89. The van der Waals surface area contributed by atoms with E-state index in [1.54, 1.807) is 0 Å². The van der Waals surface area contributed by atoms with Crippen molar-refractivity contribution in [1.82, 2.24) is 0 Å². The number of rotatable bonds is 8. The van der Waals surface area contributed by atoms with Gasteiger partial charge in [0.1, 0.15) is 0 Å². The van der Waals surface area contributed by atoms with Crippen molar-refractivity contribution in [2.24, 2.45) is 0 Å². The zero-order valence-electron chi connectivity index (χ0n) is 11.2. The van der Waals surface area contributed by atoms with Gasteiger partial charge in [-0.3, -0.25) is 0 Å². The topological polar surface area (TPSA) is 40.5 Å². The predicted molar refractivity (Wildman–Crippen MR) is 68.8 cm³/mol. The fourth-order valence-corrected chi connectivity index (χ4v) is 1.16. The van der Waals surface area contributed by atoms with Crippen LogP contribution in [0.2, 0.25) is 0 Å². The Labute approximate surface area is 117 Å². The minimum atomic E-state index is 0. The molecule has 2 N–H and O–H groups in total. The van der Waals surface area contributed by atoms with Gasteiger partial charge in [0.15, 0.2) is 0 Å². The van der Waals surface area contributed by atoms with Gasteiger partial charge in [-0.2, -0.15) is 0 Å². The van der Waals surface area contributed by atoms with Crippen molar-refractivity contribution >= 4 is 0 Å². The Balaban J connectivity index is -0.000000129. The van der Waals surface area contributed by atoms with E-state index >= 15 is 0 Å². The minimum absolute atomic E-state index is 0. The largest absolute Gasteiger partial charge is 0.400 e. The first kappa shape index (κ1) is 25.2.